The molecule has 1 heteroatoms. The first kappa shape index (κ1) is 21.6. The Morgan fingerprint density at radius 3 is 2.03 bits per heavy atom. The van der Waals surface area contributed by atoms with Crippen LogP contribution in [-0.4, -0.2) is 0 Å². The second-order valence-corrected chi connectivity index (χ2v) is 23.9. The summed E-state index contributed by atoms with van der Waals surface area (Å²) in [7, 11) is 0. The zero-order valence-corrected chi connectivity index (χ0v) is 22.7. The Balaban J connectivity index is 1.97. The number of hydrogen-bond donors (Lipinski definition) is 0. The van der Waals surface area contributed by atoms with E-state index in [1.165, 1.54) is 31.2 Å². The molecular weight excluding hydrogens is 428 g/mol. The fourth-order valence-corrected chi connectivity index (χ4v) is 20.5. The maximum absolute atomic E-state index is 2.87. The fourth-order valence-electron chi connectivity index (χ4n) is 7.09. The van der Waals surface area contributed by atoms with Crippen LogP contribution in [0.4, 0.5) is 0 Å². The van der Waals surface area contributed by atoms with E-state index >= 15 is 0 Å². The van der Waals surface area contributed by atoms with Gasteiger partial charge in [-0.15, -0.1) is 0 Å². The summed E-state index contributed by atoms with van der Waals surface area (Å²) in [4.78, 5) is 0. The van der Waals surface area contributed by atoms with Crippen LogP contribution in [0.25, 0.3) is 6.08 Å². The maximum atomic E-state index is 2.77. The van der Waals surface area contributed by atoms with Crippen molar-refractivity contribution < 1.29 is 20.3 Å². The number of fused-ring (bicyclic) bond motifs is 2. The Bertz CT molecular complexity index is 942. The van der Waals surface area contributed by atoms with Crippen LogP contribution in [-0.2, 0) is 36.2 Å². The van der Waals surface area contributed by atoms with Crippen LogP contribution in [0, 0.1) is 5.92 Å². The van der Waals surface area contributed by atoms with E-state index in [4.69, 9.17) is 0 Å². The van der Waals surface area contributed by atoms with Crippen molar-refractivity contribution in [2.24, 2.45) is 5.92 Å². The van der Waals surface area contributed by atoms with Gasteiger partial charge in [0.2, 0.25) is 0 Å². The van der Waals surface area contributed by atoms with Gasteiger partial charge in [-0.3, -0.25) is 0 Å². The molecule has 3 aliphatic rings. The molecule has 156 valence electrons. The summed E-state index contributed by atoms with van der Waals surface area (Å²) in [5, 5.41) is 0. The predicted octanol–water partition coefficient (Wildman–Crippen LogP) is 8.56. The molecule has 0 saturated heterocycles. The molecule has 3 aliphatic carbocycles. The average Bonchev–Trinajstić information content (AvgIpc) is 3.30. The Morgan fingerprint density at radius 1 is 0.931 bits per heavy atom. The van der Waals surface area contributed by atoms with E-state index in [1.807, 2.05) is 0 Å². The van der Waals surface area contributed by atoms with Crippen molar-refractivity contribution in [3.63, 3.8) is 0 Å². The third kappa shape index (κ3) is 2.72. The first-order valence-corrected chi connectivity index (χ1v) is 19.1. The topological polar surface area (TPSA) is 0 Å². The molecule has 0 saturated carbocycles. The van der Waals surface area contributed by atoms with Crippen LogP contribution >= 0.6 is 0 Å². The average molecular weight is 468 g/mol. The van der Waals surface area contributed by atoms with Gasteiger partial charge >= 0.3 is 185 Å². The van der Waals surface area contributed by atoms with Crippen LogP contribution in [0.15, 0.2) is 40.5 Å². The minimum atomic E-state index is -2.87. The molecule has 0 spiro atoms. The van der Waals surface area contributed by atoms with Gasteiger partial charge in [-0.05, 0) is 0 Å². The summed E-state index contributed by atoms with van der Waals surface area (Å²) in [6.45, 7) is 17.1. The van der Waals surface area contributed by atoms with E-state index in [0.29, 0.717) is 5.92 Å². The molecule has 0 radical (unpaired) electrons. The third-order valence-electron chi connectivity index (χ3n) is 9.58. The second-order valence-electron chi connectivity index (χ2n) is 11.2. The summed E-state index contributed by atoms with van der Waals surface area (Å²) >= 11 is -2.87. The molecule has 1 atom stereocenters. The van der Waals surface area contributed by atoms with Gasteiger partial charge in [0.1, 0.15) is 0 Å². The summed E-state index contributed by atoms with van der Waals surface area (Å²) in [6, 6.07) is 5.21. The fraction of sp³-hybridized carbons (Fsp3) is 0.571. The van der Waals surface area contributed by atoms with Gasteiger partial charge in [-0.1, -0.05) is 0 Å². The normalized spacial score (nSPS) is 25.4. The Kier molecular flexibility index (Phi) is 5.14. The molecule has 0 amide bonds. The monoisotopic (exact) mass is 466 g/mol. The van der Waals surface area contributed by atoms with Crippen molar-refractivity contribution in [1.82, 2.24) is 0 Å². The molecule has 0 bridgehead atoms. The zero-order valence-electron chi connectivity index (χ0n) is 20.2. The molecule has 1 aromatic rings. The molecule has 0 heterocycles. The van der Waals surface area contributed by atoms with E-state index in [-0.39, 0.29) is 6.25 Å². The molecule has 1 aromatic carbocycles. The van der Waals surface area contributed by atoms with Gasteiger partial charge in [0, 0.05) is 0 Å². The molecule has 0 nitrogen and oxygen atoms in total. The summed E-state index contributed by atoms with van der Waals surface area (Å²) in [5.41, 5.74) is 12.9. The van der Waals surface area contributed by atoms with Gasteiger partial charge in [0.15, 0.2) is 0 Å². The van der Waals surface area contributed by atoms with Gasteiger partial charge in [-0.2, -0.15) is 0 Å². The number of aryl methyl sites for hydroxylation is 2. The molecular formula is C28H40Zr. The standard InChI is InChI=1S/C16H19.C10H15.2CH3.Zr/c1-11(2)8-14-6-7-15-9-12-4-3-5-13(12)10-16(14)15;1-6-7(2)9(4)10(5)8(6)3;;;/h6-7,9-11H,3-5,8H2,1-2H3;1-5H3;2*1H3;. The van der Waals surface area contributed by atoms with Gasteiger partial charge in [0.05, 0.1) is 0 Å². The van der Waals surface area contributed by atoms with Crippen molar-refractivity contribution >= 4 is 6.08 Å². The molecule has 1 unspecified atom stereocenters. The first-order valence-electron chi connectivity index (χ1n) is 11.7. The first-order chi connectivity index (χ1) is 13.5. The number of hydrogen-bond acceptors (Lipinski definition) is 0. The van der Waals surface area contributed by atoms with Crippen LogP contribution < -0.4 is 0 Å². The van der Waals surface area contributed by atoms with Crippen molar-refractivity contribution in [2.45, 2.75) is 89.7 Å². The van der Waals surface area contributed by atoms with Gasteiger partial charge in [0.25, 0.3) is 0 Å². The summed E-state index contributed by atoms with van der Waals surface area (Å²) < 4.78 is 6.09. The molecule has 0 N–H and O–H groups in total. The molecule has 4 rings (SSSR count). The molecule has 29 heavy (non-hydrogen) atoms. The van der Waals surface area contributed by atoms with Gasteiger partial charge in [-0.25, -0.2) is 0 Å². The summed E-state index contributed by atoms with van der Waals surface area (Å²) in [6.07, 6.45) is 10.4. The third-order valence-corrected chi connectivity index (χ3v) is 24.6. The Hall–Kier alpha value is -0.677. The van der Waals surface area contributed by atoms with E-state index in [0.717, 1.165) is 0 Å². The van der Waals surface area contributed by atoms with Crippen LogP contribution in [0.1, 0.15) is 83.6 Å². The molecule has 0 aromatic heterocycles. The van der Waals surface area contributed by atoms with Gasteiger partial charge < -0.3 is 0 Å². The number of benzene rings is 1. The zero-order chi connectivity index (χ0) is 21.4. The SMILES string of the molecule is CC1=C(C)[C](C)([Zr]([CH3])([CH3])[C]2(CC(C)C)C=Cc3cc4c(cc32)CCC4)C(C)=C1C. The van der Waals surface area contributed by atoms with E-state index in [1.54, 1.807) is 39.0 Å². The predicted molar refractivity (Wildman–Crippen MR) is 125 cm³/mol. The Labute approximate surface area is 184 Å². The van der Waals surface area contributed by atoms with E-state index < -0.39 is 20.3 Å². The van der Waals surface area contributed by atoms with Crippen LogP contribution in [0.2, 0.25) is 12.4 Å². The molecule has 0 fully saturated rings. The van der Waals surface area contributed by atoms with Crippen molar-refractivity contribution in [2.75, 3.05) is 0 Å². The number of allylic oxidation sites excluding steroid dienone is 5. The minimum absolute atomic E-state index is 0.276. The van der Waals surface area contributed by atoms with Crippen LogP contribution in [0.5, 0.6) is 0 Å². The summed E-state index contributed by atoms with van der Waals surface area (Å²) in [5.74, 6) is 0.704. The van der Waals surface area contributed by atoms with Crippen molar-refractivity contribution in [3.05, 3.63) is 62.8 Å². The second kappa shape index (κ2) is 6.92. The van der Waals surface area contributed by atoms with E-state index in [9.17, 15) is 0 Å². The van der Waals surface area contributed by atoms with Crippen molar-refractivity contribution in [3.8, 4) is 0 Å². The molecule has 0 aliphatic heterocycles. The van der Waals surface area contributed by atoms with Crippen LogP contribution in [0.3, 0.4) is 0 Å². The quantitative estimate of drug-likeness (QED) is 0.416. The Morgan fingerprint density at radius 2 is 1.48 bits per heavy atom. The van der Waals surface area contributed by atoms with E-state index in [2.05, 4.69) is 82.0 Å². The van der Waals surface area contributed by atoms with Crippen molar-refractivity contribution in [1.29, 1.82) is 0 Å². The number of rotatable bonds is 4.